The lowest BCUT2D eigenvalue weighted by atomic mass is 10.2. The number of thiophene rings is 1. The summed E-state index contributed by atoms with van der Waals surface area (Å²) in [5, 5.41) is 8.42. The number of ether oxygens (including phenoxy) is 1. The van der Waals surface area contributed by atoms with Gasteiger partial charge in [0.1, 0.15) is 10.6 Å². The first-order valence-electron chi connectivity index (χ1n) is 10.4. The van der Waals surface area contributed by atoms with Crippen LogP contribution in [0, 0.1) is 6.92 Å². The predicted octanol–water partition coefficient (Wildman–Crippen LogP) is 4.93. The van der Waals surface area contributed by atoms with E-state index in [-0.39, 0.29) is 5.91 Å². The normalized spacial score (nSPS) is 10.9. The smallest absolute Gasteiger partial charge is 0.265 e. The van der Waals surface area contributed by atoms with Gasteiger partial charge in [-0.05, 0) is 49.4 Å². The number of aryl methyl sites for hydroxylation is 1. The van der Waals surface area contributed by atoms with E-state index in [0.29, 0.717) is 27.8 Å². The molecule has 0 aliphatic carbocycles. The summed E-state index contributed by atoms with van der Waals surface area (Å²) in [5.74, 6) is -0.0111. The summed E-state index contributed by atoms with van der Waals surface area (Å²) in [5.41, 5.74) is 7.97. The van der Waals surface area contributed by atoms with Crippen LogP contribution in [-0.2, 0) is 0 Å². The van der Waals surface area contributed by atoms with Crippen LogP contribution < -0.4 is 15.8 Å². The summed E-state index contributed by atoms with van der Waals surface area (Å²) in [6.45, 7) is 1.93. The molecule has 0 bridgehead atoms. The average molecular weight is 470 g/mol. The number of hydrogen-bond donors (Lipinski definition) is 2. The molecule has 3 N–H and O–H groups in total. The molecule has 5 rings (SSSR count). The maximum Gasteiger partial charge on any atom is 0.265 e. The molecule has 0 fully saturated rings. The first-order chi connectivity index (χ1) is 16.5. The Balaban J connectivity index is 1.32. The van der Waals surface area contributed by atoms with E-state index >= 15 is 0 Å². The number of nitrogens with one attached hydrogen (secondary N) is 1. The third kappa shape index (κ3) is 4.24. The second-order valence-electron chi connectivity index (χ2n) is 7.50. The Kier molecular flexibility index (Phi) is 5.52. The topological polar surface area (TPSA) is 112 Å². The number of anilines is 1. The highest BCUT2D eigenvalue weighted by Crippen LogP contribution is 2.31. The van der Waals surface area contributed by atoms with E-state index in [9.17, 15) is 9.59 Å². The van der Waals surface area contributed by atoms with Crippen LogP contribution in [-0.4, -0.2) is 26.6 Å². The Bertz CT molecular complexity index is 1510. The molecular weight excluding hydrogens is 450 g/mol. The van der Waals surface area contributed by atoms with Crippen molar-refractivity contribution in [1.29, 1.82) is 0 Å². The molecule has 2 aromatic carbocycles. The SMILES string of the molecule is Cc1nn(-c2ccccc2)c2sc(C(=O)Nc3ccc(Oc4cccc(C(N)=O)c4)nc3)cc12. The van der Waals surface area contributed by atoms with E-state index in [1.54, 1.807) is 36.4 Å². The van der Waals surface area contributed by atoms with Crippen LogP contribution in [0.25, 0.3) is 15.9 Å². The van der Waals surface area contributed by atoms with Gasteiger partial charge in [0.2, 0.25) is 11.8 Å². The lowest BCUT2D eigenvalue weighted by Gasteiger charge is -2.07. The molecule has 9 heteroatoms. The molecule has 168 valence electrons. The van der Waals surface area contributed by atoms with Gasteiger partial charge in [-0.25, -0.2) is 9.67 Å². The molecule has 3 heterocycles. The molecule has 0 aliphatic rings. The quantitative estimate of drug-likeness (QED) is 0.366. The fourth-order valence-electron chi connectivity index (χ4n) is 3.44. The number of carbonyl (C=O) groups excluding carboxylic acids is 2. The van der Waals surface area contributed by atoms with E-state index in [1.165, 1.54) is 17.5 Å². The number of benzene rings is 2. The van der Waals surface area contributed by atoms with Gasteiger partial charge >= 0.3 is 0 Å². The van der Waals surface area contributed by atoms with Crippen LogP contribution in [0.2, 0.25) is 0 Å². The second kappa shape index (κ2) is 8.80. The van der Waals surface area contributed by atoms with Crippen molar-refractivity contribution in [3.05, 3.63) is 95.1 Å². The fraction of sp³-hybridized carbons (Fsp3) is 0.0400. The number of amides is 2. The van der Waals surface area contributed by atoms with Gasteiger partial charge in [-0.3, -0.25) is 9.59 Å². The van der Waals surface area contributed by atoms with Crippen LogP contribution in [0.4, 0.5) is 5.69 Å². The molecule has 0 saturated carbocycles. The van der Waals surface area contributed by atoms with Crippen molar-refractivity contribution >= 4 is 39.1 Å². The molecule has 2 amide bonds. The van der Waals surface area contributed by atoms with Gasteiger partial charge in [-0.1, -0.05) is 24.3 Å². The fourth-order valence-corrected chi connectivity index (χ4v) is 4.52. The van der Waals surface area contributed by atoms with Crippen LogP contribution >= 0.6 is 11.3 Å². The van der Waals surface area contributed by atoms with Crippen LogP contribution in [0.1, 0.15) is 25.7 Å². The maximum atomic E-state index is 12.9. The van der Waals surface area contributed by atoms with Crippen molar-refractivity contribution in [1.82, 2.24) is 14.8 Å². The minimum atomic E-state index is -0.538. The van der Waals surface area contributed by atoms with Crippen molar-refractivity contribution in [3.8, 4) is 17.3 Å². The number of rotatable bonds is 6. The Morgan fingerprint density at radius 1 is 1.03 bits per heavy atom. The molecule has 0 spiro atoms. The summed E-state index contributed by atoms with van der Waals surface area (Å²) in [6.07, 6.45) is 1.51. The Morgan fingerprint density at radius 3 is 2.59 bits per heavy atom. The Hall–Kier alpha value is -4.50. The summed E-state index contributed by atoms with van der Waals surface area (Å²) < 4.78 is 7.53. The highest BCUT2D eigenvalue weighted by Gasteiger charge is 2.17. The lowest BCUT2D eigenvalue weighted by Crippen LogP contribution is -2.10. The monoisotopic (exact) mass is 469 g/mol. The number of aromatic nitrogens is 3. The molecule has 0 atom stereocenters. The average Bonchev–Trinajstić information content (AvgIpc) is 3.42. The number of nitrogens with zero attached hydrogens (tertiary/aromatic N) is 3. The molecular formula is C25H19N5O3S. The van der Waals surface area contributed by atoms with E-state index < -0.39 is 5.91 Å². The number of hydrogen-bond acceptors (Lipinski definition) is 6. The number of para-hydroxylation sites is 1. The Labute approximate surface area is 198 Å². The Morgan fingerprint density at radius 2 is 1.85 bits per heavy atom. The summed E-state index contributed by atoms with van der Waals surface area (Å²) in [4.78, 5) is 29.9. The summed E-state index contributed by atoms with van der Waals surface area (Å²) in [6, 6.07) is 21.5. The largest absolute Gasteiger partial charge is 0.439 e. The van der Waals surface area contributed by atoms with E-state index in [1.807, 2.05) is 48.0 Å². The zero-order valence-electron chi connectivity index (χ0n) is 18.1. The minimum absolute atomic E-state index is 0.232. The van der Waals surface area contributed by atoms with E-state index in [2.05, 4.69) is 15.4 Å². The molecule has 0 radical (unpaired) electrons. The standard InChI is InChI=1S/C25H19N5O3S/c1-15-20-13-21(34-25(20)30(29-15)18-7-3-2-4-8-18)24(32)28-17-10-11-22(27-14-17)33-19-9-5-6-16(12-19)23(26)31/h2-14H,1H3,(H2,26,31)(H,28,32). The van der Waals surface area contributed by atoms with Gasteiger partial charge in [0.05, 0.1) is 28.1 Å². The zero-order chi connectivity index (χ0) is 23.7. The highest BCUT2D eigenvalue weighted by atomic mass is 32.1. The molecule has 34 heavy (non-hydrogen) atoms. The van der Waals surface area contributed by atoms with Gasteiger partial charge in [0.25, 0.3) is 5.91 Å². The van der Waals surface area contributed by atoms with E-state index in [0.717, 1.165) is 21.6 Å². The van der Waals surface area contributed by atoms with Crippen molar-refractivity contribution < 1.29 is 14.3 Å². The molecule has 0 aliphatic heterocycles. The van der Waals surface area contributed by atoms with Gasteiger partial charge in [0, 0.05) is 17.0 Å². The zero-order valence-corrected chi connectivity index (χ0v) is 18.9. The molecule has 0 saturated heterocycles. The predicted molar refractivity (Wildman–Crippen MR) is 131 cm³/mol. The first-order valence-corrected chi connectivity index (χ1v) is 11.2. The number of fused-ring (bicyclic) bond motifs is 1. The third-order valence-electron chi connectivity index (χ3n) is 5.10. The van der Waals surface area contributed by atoms with E-state index in [4.69, 9.17) is 10.5 Å². The molecule has 5 aromatic rings. The van der Waals surface area contributed by atoms with Crippen LogP contribution in [0.15, 0.2) is 79.0 Å². The van der Waals surface area contributed by atoms with Crippen LogP contribution in [0.3, 0.4) is 0 Å². The van der Waals surface area contributed by atoms with Crippen molar-refractivity contribution in [3.63, 3.8) is 0 Å². The van der Waals surface area contributed by atoms with Gasteiger partial charge in [-0.2, -0.15) is 5.10 Å². The number of pyridine rings is 1. The van der Waals surface area contributed by atoms with Gasteiger partial charge in [-0.15, -0.1) is 11.3 Å². The first kappa shape index (κ1) is 21.4. The number of carbonyl (C=O) groups is 2. The third-order valence-corrected chi connectivity index (χ3v) is 6.21. The molecule has 3 aromatic heterocycles. The van der Waals surface area contributed by atoms with Crippen molar-refractivity contribution in [2.45, 2.75) is 6.92 Å². The van der Waals surface area contributed by atoms with Crippen molar-refractivity contribution in [2.75, 3.05) is 5.32 Å². The van der Waals surface area contributed by atoms with Crippen LogP contribution in [0.5, 0.6) is 11.6 Å². The molecule has 0 unspecified atom stereocenters. The summed E-state index contributed by atoms with van der Waals surface area (Å²) in [7, 11) is 0. The maximum absolute atomic E-state index is 12.9. The number of nitrogens with two attached hydrogens (primary N) is 1. The lowest BCUT2D eigenvalue weighted by molar-refractivity contribution is 0.0997. The molecule has 8 nitrogen and oxygen atoms in total. The highest BCUT2D eigenvalue weighted by molar-refractivity contribution is 7.20. The number of primary amides is 1. The van der Waals surface area contributed by atoms with Gasteiger partial charge < -0.3 is 15.8 Å². The second-order valence-corrected chi connectivity index (χ2v) is 8.53. The minimum Gasteiger partial charge on any atom is -0.439 e. The van der Waals surface area contributed by atoms with Crippen molar-refractivity contribution in [2.24, 2.45) is 5.73 Å². The summed E-state index contributed by atoms with van der Waals surface area (Å²) >= 11 is 1.38. The van der Waals surface area contributed by atoms with Gasteiger partial charge in [0.15, 0.2) is 0 Å².